The van der Waals surface area contributed by atoms with E-state index >= 15 is 0 Å². The Bertz CT molecular complexity index is 418. The van der Waals surface area contributed by atoms with E-state index in [1.807, 2.05) is 20.8 Å². The fourth-order valence-corrected chi connectivity index (χ4v) is 1.82. The lowest BCUT2D eigenvalue weighted by Crippen LogP contribution is -2.37. The van der Waals surface area contributed by atoms with Crippen molar-refractivity contribution >= 4 is 5.97 Å². The zero-order valence-corrected chi connectivity index (χ0v) is 11.0. The average Bonchev–Trinajstić information content (AvgIpc) is 2.27. The second-order valence-corrected chi connectivity index (χ2v) is 5.00. The highest BCUT2D eigenvalue weighted by atomic mass is 19.1. The normalized spacial score (nSPS) is 12.7. The maximum Gasteiger partial charge on any atom is 0.320 e. The maximum atomic E-state index is 13.5. The molecule has 1 aromatic rings. The van der Waals surface area contributed by atoms with Crippen molar-refractivity contribution in [1.29, 1.82) is 0 Å². The summed E-state index contributed by atoms with van der Waals surface area (Å²) in [5.41, 5.74) is 1.47. The van der Waals surface area contributed by atoms with Crippen LogP contribution in [0.2, 0.25) is 0 Å². The van der Waals surface area contributed by atoms with E-state index in [9.17, 15) is 9.18 Å². The molecule has 0 bridgehead atoms. The summed E-state index contributed by atoms with van der Waals surface area (Å²) in [5.74, 6) is -0.917. The molecule has 0 radical (unpaired) electrons. The van der Waals surface area contributed by atoms with Gasteiger partial charge in [-0.05, 0) is 25.3 Å². The number of carboxylic acids is 1. The van der Waals surface area contributed by atoms with Crippen LogP contribution in [0.15, 0.2) is 18.2 Å². The van der Waals surface area contributed by atoms with Gasteiger partial charge in [0.15, 0.2) is 0 Å². The van der Waals surface area contributed by atoms with Crippen LogP contribution in [0.4, 0.5) is 4.39 Å². The van der Waals surface area contributed by atoms with Gasteiger partial charge in [0.1, 0.15) is 11.9 Å². The van der Waals surface area contributed by atoms with E-state index in [2.05, 4.69) is 5.32 Å². The van der Waals surface area contributed by atoms with Crippen LogP contribution in [0.5, 0.6) is 0 Å². The molecule has 1 atom stereocenters. The molecule has 3 nitrogen and oxygen atoms in total. The summed E-state index contributed by atoms with van der Waals surface area (Å²) in [6.45, 7) is 6.04. The number of carbonyl (C=O) groups is 1. The minimum Gasteiger partial charge on any atom is -0.480 e. The molecule has 0 aromatic heterocycles. The van der Waals surface area contributed by atoms with Crippen LogP contribution < -0.4 is 5.32 Å². The SMILES string of the molecule is Cc1ccc(F)c(CN[C@@H](CC(C)C)C(=O)O)c1. The lowest BCUT2D eigenvalue weighted by Gasteiger charge is -2.16. The summed E-state index contributed by atoms with van der Waals surface area (Å²) in [6.07, 6.45) is 0.531. The average molecular weight is 253 g/mol. The fourth-order valence-electron chi connectivity index (χ4n) is 1.82. The lowest BCUT2D eigenvalue weighted by molar-refractivity contribution is -0.140. The maximum absolute atomic E-state index is 13.5. The zero-order chi connectivity index (χ0) is 13.7. The van der Waals surface area contributed by atoms with Crippen LogP contribution in [-0.2, 0) is 11.3 Å². The molecule has 0 aliphatic rings. The molecule has 0 amide bonds. The molecule has 0 saturated carbocycles. The molecule has 4 heteroatoms. The smallest absolute Gasteiger partial charge is 0.320 e. The van der Waals surface area contributed by atoms with Gasteiger partial charge in [-0.2, -0.15) is 0 Å². The molecule has 0 heterocycles. The highest BCUT2D eigenvalue weighted by Crippen LogP contribution is 2.11. The Hall–Kier alpha value is -1.42. The third-order valence-corrected chi connectivity index (χ3v) is 2.75. The van der Waals surface area contributed by atoms with Crippen LogP contribution in [0.3, 0.4) is 0 Å². The van der Waals surface area contributed by atoms with E-state index in [1.54, 1.807) is 12.1 Å². The third-order valence-electron chi connectivity index (χ3n) is 2.75. The highest BCUT2D eigenvalue weighted by Gasteiger charge is 2.18. The van der Waals surface area contributed by atoms with Gasteiger partial charge in [0.05, 0.1) is 0 Å². The van der Waals surface area contributed by atoms with Crippen molar-refractivity contribution in [2.45, 2.75) is 39.8 Å². The van der Waals surface area contributed by atoms with Crippen molar-refractivity contribution in [3.63, 3.8) is 0 Å². The van der Waals surface area contributed by atoms with Crippen LogP contribution in [0.1, 0.15) is 31.4 Å². The summed E-state index contributed by atoms with van der Waals surface area (Å²) in [7, 11) is 0. The molecule has 1 rings (SSSR count). The molecular formula is C14H20FNO2. The van der Waals surface area contributed by atoms with E-state index < -0.39 is 12.0 Å². The van der Waals surface area contributed by atoms with Crippen LogP contribution >= 0.6 is 0 Å². The monoisotopic (exact) mass is 253 g/mol. The zero-order valence-electron chi connectivity index (χ0n) is 11.0. The third kappa shape index (κ3) is 4.45. The van der Waals surface area contributed by atoms with Gasteiger partial charge in [-0.3, -0.25) is 4.79 Å². The van der Waals surface area contributed by atoms with Gasteiger partial charge < -0.3 is 10.4 Å². The van der Waals surface area contributed by atoms with Crippen molar-refractivity contribution in [1.82, 2.24) is 5.32 Å². The van der Waals surface area contributed by atoms with Crippen LogP contribution in [0.25, 0.3) is 0 Å². The van der Waals surface area contributed by atoms with Crippen molar-refractivity contribution in [3.05, 3.63) is 35.1 Å². The molecule has 0 saturated heterocycles. The summed E-state index contributed by atoms with van der Waals surface area (Å²) >= 11 is 0. The van der Waals surface area contributed by atoms with Gasteiger partial charge in [-0.1, -0.05) is 31.5 Å². The Labute approximate surface area is 107 Å². The molecular weight excluding hydrogens is 233 g/mol. The van der Waals surface area contributed by atoms with Crippen LogP contribution in [-0.4, -0.2) is 17.1 Å². The molecule has 0 spiro atoms. The minimum absolute atomic E-state index is 0.233. The number of aryl methyl sites for hydroxylation is 1. The van der Waals surface area contributed by atoms with E-state index in [4.69, 9.17) is 5.11 Å². The van der Waals surface area contributed by atoms with Crippen LogP contribution in [0, 0.1) is 18.7 Å². The van der Waals surface area contributed by atoms with Crippen molar-refractivity contribution in [2.75, 3.05) is 0 Å². The van der Waals surface area contributed by atoms with Crippen molar-refractivity contribution in [2.24, 2.45) is 5.92 Å². The number of carboxylic acid groups (broad SMARTS) is 1. The fraction of sp³-hybridized carbons (Fsp3) is 0.500. The van der Waals surface area contributed by atoms with Gasteiger partial charge in [0.2, 0.25) is 0 Å². The topological polar surface area (TPSA) is 49.3 Å². The Morgan fingerprint density at radius 3 is 2.67 bits per heavy atom. The van der Waals surface area contributed by atoms with Gasteiger partial charge in [0, 0.05) is 12.1 Å². The number of aliphatic carboxylic acids is 1. The molecule has 0 fully saturated rings. The Morgan fingerprint density at radius 1 is 1.44 bits per heavy atom. The van der Waals surface area contributed by atoms with Crippen molar-refractivity contribution in [3.8, 4) is 0 Å². The second kappa shape index (κ2) is 6.50. The van der Waals surface area contributed by atoms with Gasteiger partial charge in [-0.15, -0.1) is 0 Å². The van der Waals surface area contributed by atoms with E-state index in [0.29, 0.717) is 12.0 Å². The van der Waals surface area contributed by atoms with E-state index in [0.717, 1.165) is 5.56 Å². The first-order valence-corrected chi connectivity index (χ1v) is 6.11. The van der Waals surface area contributed by atoms with E-state index in [1.165, 1.54) is 6.07 Å². The van der Waals surface area contributed by atoms with Gasteiger partial charge >= 0.3 is 5.97 Å². The standard InChI is InChI=1S/C14H20FNO2/c1-9(2)6-13(14(17)18)16-8-11-7-10(3)4-5-12(11)15/h4-5,7,9,13,16H,6,8H2,1-3H3,(H,17,18)/t13-/m0/s1. The van der Waals surface area contributed by atoms with E-state index in [-0.39, 0.29) is 18.3 Å². The lowest BCUT2D eigenvalue weighted by atomic mass is 10.0. The first-order chi connectivity index (χ1) is 8.40. The minimum atomic E-state index is -0.892. The molecule has 1 aromatic carbocycles. The summed E-state index contributed by atoms with van der Waals surface area (Å²) in [6, 6.07) is 4.20. The number of nitrogens with one attached hydrogen (secondary N) is 1. The number of hydrogen-bond donors (Lipinski definition) is 2. The number of rotatable bonds is 6. The largest absolute Gasteiger partial charge is 0.480 e. The predicted molar refractivity (Wildman–Crippen MR) is 68.9 cm³/mol. The molecule has 2 N–H and O–H groups in total. The molecule has 0 aliphatic carbocycles. The Kier molecular flexibility index (Phi) is 5.28. The van der Waals surface area contributed by atoms with Gasteiger partial charge in [0.25, 0.3) is 0 Å². The quantitative estimate of drug-likeness (QED) is 0.819. The van der Waals surface area contributed by atoms with Gasteiger partial charge in [-0.25, -0.2) is 4.39 Å². The van der Waals surface area contributed by atoms with Crippen molar-refractivity contribution < 1.29 is 14.3 Å². The summed E-state index contributed by atoms with van der Waals surface area (Å²) < 4.78 is 13.5. The first-order valence-electron chi connectivity index (χ1n) is 6.11. The molecule has 0 unspecified atom stereocenters. The summed E-state index contributed by atoms with van der Waals surface area (Å²) in [4.78, 5) is 11.1. The number of halogens is 1. The first kappa shape index (κ1) is 14.6. The number of benzene rings is 1. The molecule has 0 aliphatic heterocycles. The predicted octanol–water partition coefficient (Wildman–Crippen LogP) is 2.72. The molecule has 18 heavy (non-hydrogen) atoms. The highest BCUT2D eigenvalue weighted by molar-refractivity contribution is 5.73. The summed E-state index contributed by atoms with van der Waals surface area (Å²) in [5, 5.41) is 12.0. The Morgan fingerprint density at radius 2 is 2.11 bits per heavy atom. The Balaban J connectivity index is 2.66. The molecule has 100 valence electrons. The number of hydrogen-bond acceptors (Lipinski definition) is 2. The second-order valence-electron chi connectivity index (χ2n) is 5.00.